The van der Waals surface area contributed by atoms with E-state index in [1.165, 1.54) is 0 Å². The van der Waals surface area contributed by atoms with Crippen molar-refractivity contribution in [2.45, 2.75) is 0 Å². The van der Waals surface area contributed by atoms with Crippen molar-refractivity contribution in [1.82, 2.24) is 5.12 Å². The molecule has 5 nitrogen and oxygen atoms in total. The fraction of sp³-hybridized carbons (Fsp3) is 1.00. The molecule has 0 radical (unpaired) electrons. The van der Waals surface area contributed by atoms with Gasteiger partial charge in [0, 0.05) is 0 Å². The fourth-order valence-corrected chi connectivity index (χ4v) is 0.235. The van der Waals surface area contributed by atoms with Crippen LogP contribution in [0, 0.1) is 0 Å². The molecule has 0 amide bonds. The summed E-state index contributed by atoms with van der Waals surface area (Å²) >= 11 is 0. The first-order valence-electron chi connectivity index (χ1n) is 2.23. The van der Waals surface area contributed by atoms with Gasteiger partial charge in [-0.2, -0.15) is 5.12 Å². The molecule has 0 aromatic carbocycles. The molecule has 5 N–H and O–H groups in total. The molecule has 0 aliphatic carbocycles. The molecule has 0 bridgehead atoms. The van der Waals surface area contributed by atoms with Gasteiger partial charge in [0.05, 0.1) is 13.2 Å². The van der Waals surface area contributed by atoms with Crippen LogP contribution in [0.25, 0.3) is 0 Å². The molecule has 0 fully saturated rings. The number of hydrogen-bond acceptors (Lipinski definition) is 5. The zero-order valence-electron chi connectivity index (χ0n) is 4.58. The van der Waals surface area contributed by atoms with E-state index in [1.807, 2.05) is 0 Å². The van der Waals surface area contributed by atoms with Gasteiger partial charge in [0.2, 0.25) is 0 Å². The van der Waals surface area contributed by atoms with Crippen LogP contribution in [-0.4, -0.2) is 30.2 Å². The van der Waals surface area contributed by atoms with Crippen LogP contribution in [0.4, 0.5) is 0 Å². The van der Waals surface area contributed by atoms with Gasteiger partial charge in [-0.05, 0) is 0 Å². The molecule has 0 aliphatic rings. The average molecular weight is 121 g/mol. The number of hydrazine groups is 2. The Balaban J connectivity index is 2.72. The lowest BCUT2D eigenvalue weighted by molar-refractivity contribution is -0.0100. The van der Waals surface area contributed by atoms with Crippen molar-refractivity contribution in [3.05, 3.63) is 0 Å². The monoisotopic (exact) mass is 121 g/mol. The summed E-state index contributed by atoms with van der Waals surface area (Å²) in [5.74, 6) is 9.97. The molecule has 0 unspecified atom stereocenters. The predicted octanol–water partition coefficient (Wildman–Crippen LogP) is -2.00. The molecule has 0 aliphatic heterocycles. The number of ether oxygens (including phenoxy) is 1. The lowest BCUT2D eigenvalue weighted by Crippen LogP contribution is -2.40. The summed E-state index contributed by atoms with van der Waals surface area (Å²) in [6.45, 7) is 0.484. The lowest BCUT2D eigenvalue weighted by Gasteiger charge is -2.06. The van der Waals surface area contributed by atoms with E-state index in [1.54, 1.807) is 0 Å². The topological polar surface area (TPSA) is 84.7 Å². The third-order valence-corrected chi connectivity index (χ3v) is 0.585. The second kappa shape index (κ2) is 4.95. The Morgan fingerprint density at radius 3 is 2.50 bits per heavy atom. The molecule has 0 spiro atoms. The van der Waals surface area contributed by atoms with Gasteiger partial charge in [-0.3, -0.25) is 11.7 Å². The first kappa shape index (κ1) is 7.80. The second-order valence-electron chi connectivity index (χ2n) is 1.28. The van der Waals surface area contributed by atoms with E-state index in [0.717, 1.165) is 5.12 Å². The molecular formula is C3H11N3O2. The van der Waals surface area contributed by atoms with Gasteiger partial charge in [-0.15, -0.1) is 0 Å². The van der Waals surface area contributed by atoms with Crippen molar-refractivity contribution in [2.24, 2.45) is 11.7 Å². The second-order valence-corrected chi connectivity index (χ2v) is 1.28. The molecule has 50 valence electrons. The quantitative estimate of drug-likeness (QED) is 0.173. The standard InChI is InChI=1S/C3H11N3O2/c4-6(5)1-2-8-3-7/h7H,1-5H2. The third kappa shape index (κ3) is 5.80. The first-order valence-corrected chi connectivity index (χ1v) is 2.23. The summed E-state index contributed by atoms with van der Waals surface area (Å²) < 4.78 is 4.50. The number of nitrogens with two attached hydrogens (primary N) is 2. The number of aliphatic hydroxyl groups excluding tert-OH is 1. The largest absolute Gasteiger partial charge is 0.371 e. The Labute approximate surface area is 47.8 Å². The molecule has 5 heteroatoms. The highest BCUT2D eigenvalue weighted by Crippen LogP contribution is 1.69. The van der Waals surface area contributed by atoms with Crippen LogP contribution in [0.3, 0.4) is 0 Å². The van der Waals surface area contributed by atoms with Gasteiger partial charge in [0.25, 0.3) is 0 Å². The van der Waals surface area contributed by atoms with E-state index < -0.39 is 0 Å². The Hall–Kier alpha value is -0.200. The minimum Gasteiger partial charge on any atom is -0.371 e. The number of rotatable bonds is 4. The first-order chi connectivity index (χ1) is 3.77. The molecule has 0 atom stereocenters. The minimum atomic E-state index is -0.284. The van der Waals surface area contributed by atoms with E-state index in [0.29, 0.717) is 13.2 Å². The highest BCUT2D eigenvalue weighted by atomic mass is 16.6. The summed E-state index contributed by atoms with van der Waals surface area (Å²) in [7, 11) is 0. The van der Waals surface area contributed by atoms with Crippen LogP contribution in [-0.2, 0) is 4.74 Å². The van der Waals surface area contributed by atoms with Gasteiger partial charge in [0.1, 0.15) is 6.79 Å². The minimum absolute atomic E-state index is 0.284. The van der Waals surface area contributed by atoms with E-state index in [2.05, 4.69) is 4.74 Å². The third-order valence-electron chi connectivity index (χ3n) is 0.585. The molecule has 0 saturated carbocycles. The number of aliphatic hydroxyl groups is 1. The molecule has 0 heterocycles. The van der Waals surface area contributed by atoms with Crippen molar-refractivity contribution in [3.63, 3.8) is 0 Å². The van der Waals surface area contributed by atoms with Gasteiger partial charge in [-0.25, -0.2) is 0 Å². The Kier molecular flexibility index (Phi) is 4.82. The normalized spacial score (nSPS) is 10.5. The van der Waals surface area contributed by atoms with E-state index >= 15 is 0 Å². The molecule has 8 heavy (non-hydrogen) atoms. The maximum Gasteiger partial charge on any atom is 0.143 e. The van der Waals surface area contributed by atoms with Crippen molar-refractivity contribution < 1.29 is 9.84 Å². The summed E-state index contributed by atoms with van der Waals surface area (Å²) in [4.78, 5) is 0. The zero-order valence-corrected chi connectivity index (χ0v) is 4.58. The molecule has 0 rings (SSSR count). The summed E-state index contributed by atoms with van der Waals surface area (Å²) in [6.07, 6.45) is 0. The Morgan fingerprint density at radius 1 is 1.50 bits per heavy atom. The average Bonchev–Trinajstić information content (AvgIpc) is 1.66. The number of nitrogens with zero attached hydrogens (tertiary/aromatic N) is 1. The molecule has 0 saturated heterocycles. The van der Waals surface area contributed by atoms with Crippen molar-refractivity contribution in [1.29, 1.82) is 0 Å². The van der Waals surface area contributed by atoms with Gasteiger partial charge >= 0.3 is 0 Å². The maximum absolute atomic E-state index is 8.06. The van der Waals surface area contributed by atoms with Crippen LogP contribution in [0.15, 0.2) is 0 Å². The highest BCUT2D eigenvalue weighted by molar-refractivity contribution is 4.31. The van der Waals surface area contributed by atoms with Crippen LogP contribution in [0.1, 0.15) is 0 Å². The van der Waals surface area contributed by atoms with E-state index in [-0.39, 0.29) is 6.79 Å². The van der Waals surface area contributed by atoms with Crippen LogP contribution < -0.4 is 11.7 Å². The van der Waals surface area contributed by atoms with Gasteiger partial charge < -0.3 is 9.84 Å². The maximum atomic E-state index is 8.06. The molecule has 0 aromatic heterocycles. The van der Waals surface area contributed by atoms with E-state index in [4.69, 9.17) is 16.8 Å². The molecular weight excluding hydrogens is 110 g/mol. The van der Waals surface area contributed by atoms with Crippen molar-refractivity contribution in [2.75, 3.05) is 19.9 Å². The van der Waals surface area contributed by atoms with Gasteiger partial charge in [-0.1, -0.05) is 0 Å². The summed E-state index contributed by atoms with van der Waals surface area (Å²) in [6, 6.07) is 0. The van der Waals surface area contributed by atoms with Crippen molar-refractivity contribution in [3.8, 4) is 0 Å². The van der Waals surface area contributed by atoms with Crippen LogP contribution in [0.2, 0.25) is 0 Å². The van der Waals surface area contributed by atoms with E-state index in [9.17, 15) is 0 Å². The molecule has 0 aromatic rings. The Morgan fingerprint density at radius 2 is 2.12 bits per heavy atom. The van der Waals surface area contributed by atoms with Crippen molar-refractivity contribution >= 4 is 0 Å². The lowest BCUT2D eigenvalue weighted by atomic mass is 10.7. The smallest absolute Gasteiger partial charge is 0.143 e. The SMILES string of the molecule is NN(N)CCOCO. The summed E-state index contributed by atoms with van der Waals surface area (Å²) in [5, 5.41) is 9.05. The van der Waals surface area contributed by atoms with Crippen LogP contribution in [0.5, 0.6) is 0 Å². The highest BCUT2D eigenvalue weighted by Gasteiger charge is 1.87. The zero-order chi connectivity index (χ0) is 6.41. The summed E-state index contributed by atoms with van der Waals surface area (Å²) in [5.41, 5.74) is 0. The Bertz CT molecular complexity index is 49.8. The van der Waals surface area contributed by atoms with Gasteiger partial charge in [0.15, 0.2) is 0 Å². The van der Waals surface area contributed by atoms with Crippen LogP contribution >= 0.6 is 0 Å². The number of hydrogen-bond donors (Lipinski definition) is 3. The fourth-order valence-electron chi connectivity index (χ4n) is 0.235. The predicted molar refractivity (Wildman–Crippen MR) is 28.1 cm³/mol.